The van der Waals surface area contributed by atoms with Gasteiger partial charge in [0, 0.05) is 35.5 Å². The van der Waals surface area contributed by atoms with Crippen molar-refractivity contribution in [1.82, 2.24) is 14.5 Å². The fourth-order valence-corrected chi connectivity index (χ4v) is 4.29. The molecule has 1 N–H and O–H groups in total. The van der Waals surface area contributed by atoms with E-state index in [0.29, 0.717) is 37.4 Å². The van der Waals surface area contributed by atoms with Crippen LogP contribution in [0.5, 0.6) is 5.75 Å². The van der Waals surface area contributed by atoms with Gasteiger partial charge in [-0.15, -0.1) is 0 Å². The van der Waals surface area contributed by atoms with E-state index < -0.39 is 17.7 Å². The SMILES string of the molecule is CCCOc1ccc(/C(O)=C2\C(=O)C(=O)N(CCCn3ccnc3)C2c2ccc(Br)cc2)cc1. The number of carbonyl (C=O) groups is 2. The van der Waals surface area contributed by atoms with Gasteiger partial charge in [-0.1, -0.05) is 35.0 Å². The molecule has 0 spiro atoms. The van der Waals surface area contributed by atoms with Gasteiger partial charge in [-0.2, -0.15) is 0 Å². The maximum absolute atomic E-state index is 13.1. The van der Waals surface area contributed by atoms with Crippen molar-refractivity contribution in [2.45, 2.75) is 32.4 Å². The minimum absolute atomic E-state index is 0.0946. The summed E-state index contributed by atoms with van der Waals surface area (Å²) in [5.74, 6) is -0.796. The number of rotatable bonds is 9. The number of ether oxygens (including phenoxy) is 1. The second-order valence-electron chi connectivity index (χ2n) is 8.07. The number of halogens is 1. The van der Waals surface area contributed by atoms with Crippen LogP contribution in [0.1, 0.15) is 36.9 Å². The average Bonchev–Trinajstić information content (AvgIpc) is 3.45. The van der Waals surface area contributed by atoms with Crippen LogP contribution in [-0.4, -0.2) is 44.4 Å². The molecule has 0 bridgehead atoms. The van der Waals surface area contributed by atoms with Crippen molar-refractivity contribution in [3.8, 4) is 5.75 Å². The van der Waals surface area contributed by atoms with Crippen LogP contribution in [0.2, 0.25) is 0 Å². The summed E-state index contributed by atoms with van der Waals surface area (Å²) in [4.78, 5) is 31.8. The van der Waals surface area contributed by atoms with E-state index in [2.05, 4.69) is 20.9 Å². The van der Waals surface area contributed by atoms with Gasteiger partial charge >= 0.3 is 0 Å². The van der Waals surface area contributed by atoms with E-state index in [1.54, 1.807) is 41.7 Å². The monoisotopic (exact) mass is 523 g/mol. The highest BCUT2D eigenvalue weighted by atomic mass is 79.9. The summed E-state index contributed by atoms with van der Waals surface area (Å²) in [6.07, 6.45) is 6.80. The Hall–Kier alpha value is -3.39. The maximum atomic E-state index is 13.1. The predicted octanol–water partition coefficient (Wildman–Crippen LogP) is 4.95. The van der Waals surface area contributed by atoms with E-state index in [9.17, 15) is 14.7 Å². The molecule has 1 amide bonds. The van der Waals surface area contributed by atoms with Gasteiger partial charge in [0.2, 0.25) is 0 Å². The first-order valence-electron chi connectivity index (χ1n) is 11.2. The molecule has 0 aliphatic carbocycles. The van der Waals surface area contributed by atoms with Crippen LogP contribution in [0.4, 0.5) is 0 Å². The second-order valence-corrected chi connectivity index (χ2v) is 8.99. The Kier molecular flexibility index (Phi) is 7.47. The van der Waals surface area contributed by atoms with E-state index in [1.165, 1.54) is 0 Å². The molecule has 1 aliphatic heterocycles. The minimum atomic E-state index is -0.681. The fraction of sp³-hybridized carbons (Fsp3) is 0.269. The molecular weight excluding hydrogens is 498 g/mol. The number of ketones is 1. The topological polar surface area (TPSA) is 84.7 Å². The van der Waals surface area contributed by atoms with Crippen molar-refractivity contribution >= 4 is 33.4 Å². The lowest BCUT2D eigenvalue weighted by molar-refractivity contribution is -0.139. The van der Waals surface area contributed by atoms with Gasteiger partial charge in [0.25, 0.3) is 11.7 Å². The highest BCUT2D eigenvalue weighted by Gasteiger charge is 2.45. The lowest BCUT2D eigenvalue weighted by atomic mass is 9.95. The molecule has 0 saturated carbocycles. The Morgan fingerprint density at radius 2 is 1.82 bits per heavy atom. The van der Waals surface area contributed by atoms with Gasteiger partial charge in [-0.25, -0.2) is 4.98 Å². The summed E-state index contributed by atoms with van der Waals surface area (Å²) in [6.45, 7) is 3.65. The number of imidazole rings is 1. The van der Waals surface area contributed by atoms with Crippen LogP contribution < -0.4 is 4.74 Å². The van der Waals surface area contributed by atoms with Crippen LogP contribution in [0.15, 0.2) is 77.3 Å². The summed E-state index contributed by atoms with van der Waals surface area (Å²) in [6, 6.07) is 13.7. The Balaban J connectivity index is 1.67. The molecule has 3 aromatic rings. The molecular formula is C26H26BrN3O4. The molecule has 8 heteroatoms. The summed E-state index contributed by atoms with van der Waals surface area (Å²) in [5.41, 5.74) is 1.31. The number of carbonyl (C=O) groups excluding carboxylic acids is 2. The fourth-order valence-electron chi connectivity index (χ4n) is 4.03. The second kappa shape index (κ2) is 10.7. The number of nitrogens with zero attached hydrogens (tertiary/aromatic N) is 3. The van der Waals surface area contributed by atoms with Gasteiger partial charge in [-0.3, -0.25) is 9.59 Å². The summed E-state index contributed by atoms with van der Waals surface area (Å²) in [5, 5.41) is 11.2. The molecule has 0 radical (unpaired) electrons. The third-order valence-corrected chi connectivity index (χ3v) is 6.23. The van der Waals surface area contributed by atoms with Crippen molar-refractivity contribution < 1.29 is 19.4 Å². The van der Waals surface area contributed by atoms with Gasteiger partial charge in [-0.05, 0) is 54.8 Å². The molecule has 2 aromatic carbocycles. The summed E-state index contributed by atoms with van der Waals surface area (Å²) in [7, 11) is 0. The van der Waals surface area contributed by atoms with Crippen LogP contribution in [0.3, 0.4) is 0 Å². The molecule has 34 heavy (non-hydrogen) atoms. The zero-order chi connectivity index (χ0) is 24.1. The van der Waals surface area contributed by atoms with Crippen molar-refractivity contribution in [3.05, 3.63) is 88.4 Å². The van der Waals surface area contributed by atoms with Crippen LogP contribution in [0, 0.1) is 0 Å². The number of amides is 1. The van der Waals surface area contributed by atoms with E-state index in [1.807, 2.05) is 42.0 Å². The zero-order valence-corrected chi connectivity index (χ0v) is 20.4. The number of hydrogen-bond donors (Lipinski definition) is 1. The van der Waals surface area contributed by atoms with Gasteiger partial charge in [0.1, 0.15) is 11.5 Å². The van der Waals surface area contributed by atoms with Crippen molar-refractivity contribution in [1.29, 1.82) is 0 Å². The number of benzene rings is 2. The number of aryl methyl sites for hydroxylation is 1. The third-order valence-electron chi connectivity index (χ3n) is 5.70. The minimum Gasteiger partial charge on any atom is -0.507 e. The normalized spacial score (nSPS) is 17.4. The highest BCUT2D eigenvalue weighted by molar-refractivity contribution is 9.10. The molecule has 176 valence electrons. The van der Waals surface area contributed by atoms with Gasteiger partial charge in [0.05, 0.1) is 24.5 Å². The average molecular weight is 524 g/mol. The molecule has 1 atom stereocenters. The maximum Gasteiger partial charge on any atom is 0.295 e. The zero-order valence-electron chi connectivity index (χ0n) is 18.9. The molecule has 1 unspecified atom stereocenters. The molecule has 4 rings (SSSR count). The Morgan fingerprint density at radius 3 is 2.47 bits per heavy atom. The predicted molar refractivity (Wildman–Crippen MR) is 132 cm³/mol. The van der Waals surface area contributed by atoms with Gasteiger partial charge in [0.15, 0.2) is 0 Å². The van der Waals surface area contributed by atoms with Crippen LogP contribution >= 0.6 is 15.9 Å². The van der Waals surface area contributed by atoms with Gasteiger partial charge < -0.3 is 19.3 Å². The largest absolute Gasteiger partial charge is 0.507 e. The van der Waals surface area contributed by atoms with E-state index in [-0.39, 0.29) is 11.3 Å². The molecule has 1 saturated heterocycles. The number of hydrogen-bond acceptors (Lipinski definition) is 5. The van der Waals surface area contributed by atoms with E-state index in [0.717, 1.165) is 16.5 Å². The molecule has 1 fully saturated rings. The standard InChI is InChI=1S/C26H26BrN3O4/c1-2-16-34-21-10-6-19(7-11-21)24(31)22-23(18-4-8-20(27)9-5-18)30(26(33)25(22)32)14-3-13-29-15-12-28-17-29/h4-12,15,17,23,31H,2-3,13-14,16H2,1H3/b24-22+. The Labute approximate surface area is 206 Å². The molecule has 1 aromatic heterocycles. The van der Waals surface area contributed by atoms with Crippen LogP contribution in [-0.2, 0) is 16.1 Å². The lowest BCUT2D eigenvalue weighted by Crippen LogP contribution is -2.31. The van der Waals surface area contributed by atoms with Crippen molar-refractivity contribution in [3.63, 3.8) is 0 Å². The number of Topliss-reactive ketones (excluding diaryl/α,β-unsaturated/α-hetero) is 1. The lowest BCUT2D eigenvalue weighted by Gasteiger charge is -2.25. The number of likely N-dealkylation sites (tertiary alicyclic amines) is 1. The van der Waals surface area contributed by atoms with E-state index >= 15 is 0 Å². The first-order chi connectivity index (χ1) is 16.5. The molecule has 2 heterocycles. The quantitative estimate of drug-likeness (QED) is 0.243. The number of aromatic nitrogens is 2. The highest BCUT2D eigenvalue weighted by Crippen LogP contribution is 2.40. The first kappa shape index (κ1) is 23.8. The number of aliphatic hydroxyl groups excluding tert-OH is 1. The summed E-state index contributed by atoms with van der Waals surface area (Å²) < 4.78 is 8.42. The van der Waals surface area contributed by atoms with Crippen LogP contribution in [0.25, 0.3) is 5.76 Å². The number of aliphatic hydroxyl groups is 1. The molecule has 7 nitrogen and oxygen atoms in total. The Bertz CT molecular complexity index is 1170. The molecule has 1 aliphatic rings. The Morgan fingerprint density at radius 1 is 1.09 bits per heavy atom. The third kappa shape index (κ3) is 5.07. The van der Waals surface area contributed by atoms with E-state index in [4.69, 9.17) is 4.74 Å². The smallest absolute Gasteiger partial charge is 0.295 e. The first-order valence-corrected chi connectivity index (χ1v) is 12.0. The van der Waals surface area contributed by atoms with Crippen molar-refractivity contribution in [2.75, 3.05) is 13.2 Å². The van der Waals surface area contributed by atoms with Crippen molar-refractivity contribution in [2.24, 2.45) is 0 Å². The summed E-state index contributed by atoms with van der Waals surface area (Å²) >= 11 is 3.43.